The first-order valence-corrected chi connectivity index (χ1v) is 14.9. The minimum atomic E-state index is 0.569. The molecule has 0 aliphatic heterocycles. The second-order valence-corrected chi connectivity index (χ2v) is 13.4. The molecule has 0 spiro atoms. The first kappa shape index (κ1) is 32.0. The second kappa shape index (κ2) is 17.4. The smallest absolute Gasteiger partial charge is 0.0328 e. The molecule has 0 aliphatic rings. The van der Waals surface area contributed by atoms with Gasteiger partial charge in [0.1, 0.15) is 0 Å². The van der Waals surface area contributed by atoms with Crippen LogP contribution in [0, 0.1) is 46.8 Å². The highest BCUT2D eigenvalue weighted by molar-refractivity contribution is 4.75. The Morgan fingerprint density at radius 1 is 0.469 bits per heavy atom. The third-order valence-corrected chi connectivity index (χ3v) is 9.47. The first-order valence-electron chi connectivity index (χ1n) is 14.9. The molecule has 32 heavy (non-hydrogen) atoms. The molecule has 0 bridgehead atoms. The Morgan fingerprint density at radius 3 is 1.28 bits per heavy atom. The monoisotopic (exact) mass is 451 g/mol. The van der Waals surface area contributed by atoms with Gasteiger partial charge in [-0.15, -0.1) is 0 Å². The average Bonchev–Trinajstić information content (AvgIpc) is 2.74. The molecule has 6 atom stereocenters. The fourth-order valence-corrected chi connectivity index (χ4v) is 4.96. The number of hydrogen-bond donors (Lipinski definition) is 0. The molecule has 0 heterocycles. The summed E-state index contributed by atoms with van der Waals surface area (Å²) in [6.45, 7) is 26.8. The van der Waals surface area contributed by atoms with Crippen LogP contribution in [-0.2, 0) is 0 Å². The third-order valence-electron chi connectivity index (χ3n) is 9.47. The molecular weight excluding hydrogens is 384 g/mol. The predicted octanol–water partition coefficient (Wildman–Crippen LogP) is 11.6. The molecule has 6 unspecified atom stereocenters. The molecule has 0 aromatic rings. The Bertz CT molecular complexity index is 422. The van der Waals surface area contributed by atoms with Gasteiger partial charge in [-0.2, -0.15) is 0 Å². The maximum absolute atomic E-state index is 2.57. The van der Waals surface area contributed by atoms with Crippen LogP contribution < -0.4 is 0 Å². The van der Waals surface area contributed by atoms with Crippen molar-refractivity contribution in [2.24, 2.45) is 46.8 Å². The van der Waals surface area contributed by atoms with E-state index in [0.29, 0.717) is 5.41 Å². The summed E-state index contributed by atoms with van der Waals surface area (Å²) in [6.07, 6.45) is 18.5. The fraction of sp³-hybridized carbons (Fsp3) is 1.00. The summed E-state index contributed by atoms with van der Waals surface area (Å²) in [7, 11) is 0. The number of rotatable bonds is 20. The highest BCUT2D eigenvalue weighted by Gasteiger charge is 2.23. The van der Waals surface area contributed by atoms with E-state index in [0.717, 1.165) is 41.4 Å². The molecular formula is C32H66. The molecule has 0 N–H and O–H groups in total. The van der Waals surface area contributed by atoms with Crippen molar-refractivity contribution >= 4 is 0 Å². The van der Waals surface area contributed by atoms with Gasteiger partial charge < -0.3 is 0 Å². The first-order chi connectivity index (χ1) is 14.9. The molecule has 0 nitrogen and oxygen atoms in total. The third kappa shape index (κ3) is 15.8. The maximum atomic E-state index is 2.57. The summed E-state index contributed by atoms with van der Waals surface area (Å²) in [5.74, 6) is 6.16. The summed E-state index contributed by atoms with van der Waals surface area (Å²) in [5, 5.41) is 0. The summed E-state index contributed by atoms with van der Waals surface area (Å²) in [4.78, 5) is 0. The minimum Gasteiger partial charge on any atom is -0.0649 e. The van der Waals surface area contributed by atoms with E-state index < -0.39 is 0 Å². The number of hydrogen-bond acceptors (Lipinski definition) is 0. The van der Waals surface area contributed by atoms with Crippen molar-refractivity contribution in [2.45, 2.75) is 160 Å². The van der Waals surface area contributed by atoms with E-state index >= 15 is 0 Å². The van der Waals surface area contributed by atoms with E-state index in [2.05, 4.69) is 76.2 Å². The van der Waals surface area contributed by atoms with Gasteiger partial charge >= 0.3 is 0 Å². The van der Waals surface area contributed by atoms with Crippen LogP contribution in [-0.4, -0.2) is 0 Å². The van der Waals surface area contributed by atoms with Crippen molar-refractivity contribution in [1.29, 1.82) is 0 Å². The summed E-state index contributed by atoms with van der Waals surface area (Å²) < 4.78 is 0. The zero-order chi connectivity index (χ0) is 24.7. The van der Waals surface area contributed by atoms with Gasteiger partial charge in [0.15, 0.2) is 0 Å². The zero-order valence-electron chi connectivity index (χ0n) is 24.7. The summed E-state index contributed by atoms with van der Waals surface area (Å²) in [6, 6.07) is 0. The molecule has 0 aromatic heterocycles. The largest absolute Gasteiger partial charge is 0.0649 e. The molecule has 0 saturated heterocycles. The van der Waals surface area contributed by atoms with E-state index in [9.17, 15) is 0 Å². The normalized spacial score (nSPS) is 19.0. The second-order valence-electron chi connectivity index (χ2n) is 13.4. The summed E-state index contributed by atoms with van der Waals surface area (Å²) >= 11 is 0. The van der Waals surface area contributed by atoms with Crippen molar-refractivity contribution in [2.75, 3.05) is 0 Å². The summed E-state index contributed by atoms with van der Waals surface area (Å²) in [5.41, 5.74) is 0.569. The molecule has 0 fully saturated rings. The van der Waals surface area contributed by atoms with Gasteiger partial charge in [0.05, 0.1) is 0 Å². The Labute approximate surface area is 206 Å². The van der Waals surface area contributed by atoms with E-state index in [1.807, 2.05) is 0 Å². The maximum Gasteiger partial charge on any atom is -0.0328 e. The molecule has 0 aliphatic carbocycles. The molecule has 194 valence electrons. The zero-order valence-corrected chi connectivity index (χ0v) is 24.7. The minimum absolute atomic E-state index is 0.569. The fourth-order valence-electron chi connectivity index (χ4n) is 4.96. The van der Waals surface area contributed by atoms with Gasteiger partial charge in [-0.1, -0.05) is 147 Å². The molecule has 0 radical (unpaired) electrons. The van der Waals surface area contributed by atoms with Crippen LogP contribution in [0.3, 0.4) is 0 Å². The Hall–Kier alpha value is 0. The predicted molar refractivity (Wildman–Crippen MR) is 149 cm³/mol. The van der Waals surface area contributed by atoms with Crippen LogP contribution in [0.25, 0.3) is 0 Å². The van der Waals surface area contributed by atoms with Gasteiger partial charge in [0.2, 0.25) is 0 Å². The van der Waals surface area contributed by atoms with E-state index in [4.69, 9.17) is 0 Å². The topological polar surface area (TPSA) is 0 Å². The average molecular weight is 451 g/mol. The molecule has 0 aromatic carbocycles. The van der Waals surface area contributed by atoms with Crippen LogP contribution in [0.15, 0.2) is 0 Å². The van der Waals surface area contributed by atoms with Gasteiger partial charge in [0, 0.05) is 0 Å². The highest BCUT2D eigenvalue weighted by atomic mass is 14.3. The van der Waals surface area contributed by atoms with Crippen LogP contribution in [0.5, 0.6) is 0 Å². The standard InChI is InChI=1S/C32H66/c1-12-32(11,23-14-17-28(7)19-21-31(10)26(4)5)24-22-29(8)16-13-15-27(6)18-20-30(9)25(2)3/h25-31H,12-24H2,1-11H3. The van der Waals surface area contributed by atoms with E-state index in [1.165, 1.54) is 83.5 Å². The van der Waals surface area contributed by atoms with Crippen molar-refractivity contribution < 1.29 is 0 Å². The SMILES string of the molecule is CCC(C)(CCCC(C)CCC(C)C(C)C)CCC(C)CCCC(C)CCC(C)C(C)C. The molecule has 0 saturated carbocycles. The Balaban J connectivity index is 4.06. The van der Waals surface area contributed by atoms with Crippen LogP contribution in [0.1, 0.15) is 160 Å². The lowest BCUT2D eigenvalue weighted by molar-refractivity contribution is 0.219. The molecule has 0 heteroatoms. The lowest BCUT2D eigenvalue weighted by Gasteiger charge is -2.30. The highest BCUT2D eigenvalue weighted by Crippen LogP contribution is 2.36. The van der Waals surface area contributed by atoms with Crippen molar-refractivity contribution in [3.8, 4) is 0 Å². The van der Waals surface area contributed by atoms with Gasteiger partial charge in [-0.3, -0.25) is 0 Å². The Kier molecular flexibility index (Phi) is 17.4. The lowest BCUT2D eigenvalue weighted by atomic mass is 9.75. The lowest BCUT2D eigenvalue weighted by Crippen LogP contribution is -2.17. The van der Waals surface area contributed by atoms with Crippen LogP contribution >= 0.6 is 0 Å². The van der Waals surface area contributed by atoms with E-state index in [1.54, 1.807) is 0 Å². The van der Waals surface area contributed by atoms with Gasteiger partial charge in [-0.05, 0) is 59.7 Å². The van der Waals surface area contributed by atoms with Crippen LogP contribution in [0.4, 0.5) is 0 Å². The quantitative estimate of drug-likeness (QED) is 0.173. The van der Waals surface area contributed by atoms with Crippen molar-refractivity contribution in [3.05, 3.63) is 0 Å². The molecule has 0 amide bonds. The van der Waals surface area contributed by atoms with Gasteiger partial charge in [0.25, 0.3) is 0 Å². The van der Waals surface area contributed by atoms with E-state index in [-0.39, 0.29) is 0 Å². The van der Waals surface area contributed by atoms with Crippen molar-refractivity contribution in [1.82, 2.24) is 0 Å². The Morgan fingerprint density at radius 2 is 0.875 bits per heavy atom. The molecule has 0 rings (SSSR count). The van der Waals surface area contributed by atoms with Crippen LogP contribution in [0.2, 0.25) is 0 Å². The van der Waals surface area contributed by atoms with Gasteiger partial charge in [-0.25, -0.2) is 0 Å². The van der Waals surface area contributed by atoms with Crippen molar-refractivity contribution in [3.63, 3.8) is 0 Å².